The van der Waals surface area contributed by atoms with Crippen molar-refractivity contribution < 1.29 is 34.2 Å². The summed E-state index contributed by atoms with van der Waals surface area (Å²) in [6.07, 6.45) is 6.00. The number of hydroxylamine groups is 1. The first-order valence-electron chi connectivity index (χ1n) is 18.6. The average Bonchev–Trinajstić information content (AvgIpc) is 3.67. The van der Waals surface area contributed by atoms with E-state index in [1.807, 2.05) is 18.3 Å². The van der Waals surface area contributed by atoms with Crippen LogP contribution in [0.4, 0.5) is 11.4 Å². The van der Waals surface area contributed by atoms with E-state index < -0.39 is 11.9 Å². The Balaban J connectivity index is 0.965. The summed E-state index contributed by atoms with van der Waals surface area (Å²) < 4.78 is 7.67. The van der Waals surface area contributed by atoms with Crippen molar-refractivity contribution in [3.05, 3.63) is 112 Å². The molecule has 4 aromatic rings. The van der Waals surface area contributed by atoms with Crippen molar-refractivity contribution in [2.45, 2.75) is 51.6 Å². The zero-order chi connectivity index (χ0) is 41.0. The quantitative estimate of drug-likeness (QED) is 0.0170. The van der Waals surface area contributed by atoms with Crippen LogP contribution in [0.2, 0.25) is 0 Å². The van der Waals surface area contributed by atoms with E-state index in [0.717, 1.165) is 30.6 Å². The second kappa shape index (κ2) is 19.3. The first kappa shape index (κ1) is 40.8. The number of nitrogens with zero attached hydrogens (tertiary/aromatic N) is 3. The van der Waals surface area contributed by atoms with Crippen LogP contribution in [0.5, 0.6) is 5.75 Å². The lowest BCUT2D eigenvalue weighted by molar-refractivity contribution is -0.129. The lowest BCUT2D eigenvalue weighted by Gasteiger charge is -2.18. The van der Waals surface area contributed by atoms with Crippen LogP contribution < -0.4 is 32.2 Å². The highest BCUT2D eigenvalue weighted by atomic mass is 32.1. The first-order chi connectivity index (χ1) is 28.1. The molecule has 0 bridgehead atoms. The Morgan fingerprint density at radius 3 is 2.40 bits per heavy atom. The predicted octanol–water partition coefficient (Wildman–Crippen LogP) is 5.73. The third kappa shape index (κ3) is 10.7. The van der Waals surface area contributed by atoms with Crippen molar-refractivity contribution in [1.29, 1.82) is 0 Å². The largest absolute Gasteiger partial charge is 0.508 e. The van der Waals surface area contributed by atoms with Gasteiger partial charge in [-0.2, -0.15) is 0 Å². The monoisotopic (exact) mass is 806 g/mol. The van der Waals surface area contributed by atoms with Crippen LogP contribution in [0, 0.1) is 0 Å². The smallest absolute Gasteiger partial charge is 0.336 e. The number of thiocarbonyl (C=S) groups is 1. The van der Waals surface area contributed by atoms with Crippen molar-refractivity contribution in [2.24, 2.45) is 0 Å². The van der Waals surface area contributed by atoms with Gasteiger partial charge in [0.25, 0.3) is 5.91 Å². The van der Waals surface area contributed by atoms with Gasteiger partial charge >= 0.3 is 5.97 Å². The molecule has 3 aromatic carbocycles. The fourth-order valence-corrected chi connectivity index (χ4v) is 6.59. The van der Waals surface area contributed by atoms with Gasteiger partial charge in [0, 0.05) is 71.6 Å². The molecule has 8 N–H and O–H groups in total. The molecular weight excluding hydrogens is 765 g/mol. The molecular formula is C41H42N8O8S. The highest BCUT2D eigenvalue weighted by molar-refractivity contribution is 7.80. The fourth-order valence-electron chi connectivity index (χ4n) is 6.37. The molecule has 2 heterocycles. The summed E-state index contributed by atoms with van der Waals surface area (Å²) in [5.74, 6) is -1.48. The molecule has 0 atom stereocenters. The second-order valence-corrected chi connectivity index (χ2v) is 13.9. The maximum absolute atomic E-state index is 12.5. The van der Waals surface area contributed by atoms with Crippen molar-refractivity contribution in [3.8, 4) is 28.2 Å². The Kier molecular flexibility index (Phi) is 13.6. The molecule has 2 aliphatic rings. The first-order valence-corrected chi connectivity index (χ1v) is 19.0. The minimum Gasteiger partial charge on any atom is -0.508 e. The van der Waals surface area contributed by atoms with Gasteiger partial charge in [-0.1, -0.05) is 18.1 Å². The summed E-state index contributed by atoms with van der Waals surface area (Å²) in [6.45, 7) is 2.06. The fraction of sp³-hybridized carbons (Fsp3) is 0.244. The van der Waals surface area contributed by atoms with Crippen LogP contribution in [0.25, 0.3) is 33.4 Å². The molecule has 2 amide bonds. The molecule has 300 valence electrons. The minimum atomic E-state index is -1.14. The van der Waals surface area contributed by atoms with Crippen molar-refractivity contribution in [1.82, 2.24) is 31.1 Å². The third-order valence-corrected chi connectivity index (χ3v) is 9.50. The number of hydrogen-bond donors (Lipinski definition) is 8. The predicted molar refractivity (Wildman–Crippen MR) is 221 cm³/mol. The number of aromatic nitrogens is 3. The standard InChI is InChI=1S/C41H42N8O8S/c50-29-12-15-32-35(21-29)57-36-22-30(51)13-16-33(36)38(32)34-20-27(11-14-31(34)40(54)55)45-41(58)43-18-5-19-49-24-28(46-48-49)23-44-26-9-7-25(8-10-26)39(53)42-17-4-2-1-3-6-37(52)47-56/h7-16,20-22,24,44,50,56H,1-6,17-19,23H2,(H,42,53)(H,47,52)(H,54,55)(H2,43,45,58). The number of carboxylic acid groups (broad SMARTS) is 1. The summed E-state index contributed by atoms with van der Waals surface area (Å²) in [6, 6.07) is 20.8. The summed E-state index contributed by atoms with van der Waals surface area (Å²) in [5.41, 5.74) is 5.75. The molecule has 0 saturated carbocycles. The molecule has 0 spiro atoms. The third-order valence-electron chi connectivity index (χ3n) is 9.25. The summed E-state index contributed by atoms with van der Waals surface area (Å²) in [7, 11) is 0. The second-order valence-electron chi connectivity index (χ2n) is 13.5. The lowest BCUT2D eigenvalue weighted by atomic mass is 9.90. The van der Waals surface area contributed by atoms with Crippen LogP contribution in [0.15, 0.2) is 94.3 Å². The van der Waals surface area contributed by atoms with Gasteiger partial charge in [-0.25, -0.2) is 10.3 Å². The molecule has 58 heavy (non-hydrogen) atoms. The molecule has 0 unspecified atom stereocenters. The number of carboxylic acids is 1. The van der Waals surface area contributed by atoms with Gasteiger partial charge in [-0.3, -0.25) is 24.3 Å². The number of benzene rings is 4. The number of hydrogen-bond acceptors (Lipinski definition) is 11. The van der Waals surface area contributed by atoms with Crippen molar-refractivity contribution in [3.63, 3.8) is 0 Å². The normalized spacial score (nSPS) is 11.0. The molecule has 17 heteroatoms. The van der Waals surface area contributed by atoms with Crippen molar-refractivity contribution >= 4 is 57.5 Å². The molecule has 1 aromatic heterocycles. The SMILES string of the molecule is O=C(CCCCCCNC(=O)c1ccc(NCc2cn(CCCNC(=S)Nc3ccc(C(=O)O)c(-c4c5ccc(=O)cc-5oc5cc(O)ccc45)c3)nn2)cc1)NO. The average molecular weight is 807 g/mol. The number of carbonyl (C=O) groups is 3. The number of anilines is 2. The van der Waals surface area contributed by atoms with E-state index in [1.165, 1.54) is 30.3 Å². The Morgan fingerprint density at radius 1 is 0.828 bits per heavy atom. The highest BCUT2D eigenvalue weighted by Crippen LogP contribution is 2.42. The van der Waals surface area contributed by atoms with Crippen LogP contribution in [0.3, 0.4) is 0 Å². The van der Waals surface area contributed by atoms with Crippen LogP contribution in [0.1, 0.15) is 64.9 Å². The highest BCUT2D eigenvalue weighted by Gasteiger charge is 2.22. The van der Waals surface area contributed by atoms with Gasteiger partial charge in [-0.05, 0) is 104 Å². The summed E-state index contributed by atoms with van der Waals surface area (Å²) in [5, 5.41) is 50.6. The number of aromatic carboxylic acids is 1. The molecule has 1 aliphatic carbocycles. The number of carbonyl (C=O) groups excluding carboxylic acids is 2. The zero-order valence-corrected chi connectivity index (χ0v) is 32.1. The van der Waals surface area contributed by atoms with Crippen LogP contribution in [-0.2, 0) is 17.9 Å². The number of phenols is 1. The molecule has 0 fully saturated rings. The van der Waals surface area contributed by atoms with E-state index in [4.69, 9.17) is 21.8 Å². The zero-order valence-electron chi connectivity index (χ0n) is 31.3. The van der Waals surface area contributed by atoms with Crippen molar-refractivity contribution in [2.75, 3.05) is 23.7 Å². The Hall–Kier alpha value is -6.85. The molecule has 16 nitrogen and oxygen atoms in total. The van der Waals surface area contributed by atoms with E-state index in [-0.39, 0.29) is 40.4 Å². The van der Waals surface area contributed by atoms with E-state index in [9.17, 15) is 29.4 Å². The van der Waals surface area contributed by atoms with E-state index >= 15 is 0 Å². The van der Waals surface area contributed by atoms with Gasteiger partial charge in [-0.15, -0.1) is 5.10 Å². The van der Waals surface area contributed by atoms with Gasteiger partial charge in [0.15, 0.2) is 10.5 Å². The van der Waals surface area contributed by atoms with Gasteiger partial charge in [0.05, 0.1) is 18.3 Å². The van der Waals surface area contributed by atoms with Gasteiger partial charge < -0.3 is 35.9 Å². The van der Waals surface area contributed by atoms with Gasteiger partial charge in [0.2, 0.25) is 5.91 Å². The number of fused-ring (bicyclic) bond motifs is 2. The Labute approximate surface area is 337 Å². The minimum absolute atomic E-state index is 0.0308. The number of rotatable bonds is 18. The summed E-state index contributed by atoms with van der Waals surface area (Å²) in [4.78, 5) is 48.1. The molecule has 6 rings (SSSR count). The maximum atomic E-state index is 12.5. The number of phenolic OH excluding ortho intramolecular Hbond substituents is 1. The summed E-state index contributed by atoms with van der Waals surface area (Å²) >= 11 is 5.55. The maximum Gasteiger partial charge on any atom is 0.336 e. The molecule has 1 aliphatic heterocycles. The molecule has 0 radical (unpaired) electrons. The van der Waals surface area contributed by atoms with E-state index in [1.54, 1.807) is 46.6 Å². The number of nitrogens with one attached hydrogen (secondary N) is 5. The topological polar surface area (TPSA) is 233 Å². The Bertz CT molecular complexity index is 2450. The number of amides is 2. The number of aryl methyl sites for hydroxylation is 1. The van der Waals surface area contributed by atoms with Gasteiger partial charge in [0.1, 0.15) is 22.8 Å². The van der Waals surface area contributed by atoms with E-state index in [2.05, 4.69) is 31.6 Å². The lowest BCUT2D eigenvalue weighted by Crippen LogP contribution is -2.29. The number of aromatic hydroxyl groups is 1. The number of unbranched alkanes of at least 4 members (excludes halogenated alkanes) is 3. The van der Waals surface area contributed by atoms with Crippen LogP contribution in [-0.4, -0.2) is 66.4 Å². The van der Waals surface area contributed by atoms with E-state index in [0.29, 0.717) is 77.5 Å². The van der Waals surface area contributed by atoms with Crippen LogP contribution >= 0.6 is 12.2 Å². The Morgan fingerprint density at radius 2 is 1.60 bits per heavy atom. The molecule has 0 saturated heterocycles.